The number of nitrogens with one attached hydrogen (secondary N) is 1. The van der Waals surface area contributed by atoms with Gasteiger partial charge in [-0.3, -0.25) is 4.79 Å². The van der Waals surface area contributed by atoms with Gasteiger partial charge in [0.2, 0.25) is 5.95 Å². The van der Waals surface area contributed by atoms with Gasteiger partial charge in [0.1, 0.15) is 0 Å². The van der Waals surface area contributed by atoms with Gasteiger partial charge in [-0.1, -0.05) is 30.1 Å². The Labute approximate surface area is 132 Å². The number of carbonyl (C=O) groups excluding carboxylic acids is 1. The number of nitrogens with zero attached hydrogens (tertiary/aromatic N) is 2. The van der Waals surface area contributed by atoms with Gasteiger partial charge >= 0.3 is 0 Å². The van der Waals surface area contributed by atoms with Crippen molar-refractivity contribution in [3.8, 4) is 0 Å². The molecule has 1 atom stereocenters. The summed E-state index contributed by atoms with van der Waals surface area (Å²) in [7, 11) is 0. The summed E-state index contributed by atoms with van der Waals surface area (Å²) < 4.78 is 0. The first-order valence-corrected chi connectivity index (χ1v) is 7.39. The first-order valence-electron chi connectivity index (χ1n) is 6.64. The number of carbonyl (C=O) groups is 1. The minimum absolute atomic E-state index is 0.111. The zero-order valence-electron chi connectivity index (χ0n) is 11.4. The Kier molecular flexibility index (Phi) is 3.83. The van der Waals surface area contributed by atoms with E-state index >= 15 is 0 Å². The van der Waals surface area contributed by atoms with Crippen molar-refractivity contribution in [3.05, 3.63) is 45.7 Å². The van der Waals surface area contributed by atoms with Gasteiger partial charge in [0.25, 0.3) is 0 Å². The molecule has 0 spiro atoms. The normalized spacial score (nSPS) is 17.5. The average molecular weight is 322 g/mol. The van der Waals surface area contributed by atoms with Gasteiger partial charge in [-0.2, -0.15) is 0 Å². The van der Waals surface area contributed by atoms with E-state index in [0.717, 1.165) is 12.1 Å². The van der Waals surface area contributed by atoms with E-state index in [1.54, 1.807) is 24.4 Å². The molecule has 3 rings (SSSR count). The monoisotopic (exact) mass is 321 g/mol. The fraction of sp³-hybridized carbons (Fsp3) is 0.267. The molecular formula is C15H13Cl2N3O. The van der Waals surface area contributed by atoms with Crippen molar-refractivity contribution in [1.29, 1.82) is 0 Å². The third kappa shape index (κ3) is 3.01. The summed E-state index contributed by atoms with van der Waals surface area (Å²) >= 11 is 12.0. The molecule has 1 aromatic carbocycles. The lowest BCUT2D eigenvalue weighted by molar-refractivity contribution is 0.0951. The molecule has 1 aliphatic rings. The Balaban J connectivity index is 1.90. The minimum atomic E-state index is 0.111. The highest BCUT2D eigenvalue weighted by molar-refractivity contribution is 6.36. The molecule has 0 fully saturated rings. The van der Waals surface area contributed by atoms with E-state index in [-0.39, 0.29) is 5.78 Å². The van der Waals surface area contributed by atoms with Gasteiger partial charge < -0.3 is 5.32 Å². The van der Waals surface area contributed by atoms with E-state index in [2.05, 4.69) is 15.3 Å². The van der Waals surface area contributed by atoms with Gasteiger partial charge in [-0.25, -0.2) is 9.97 Å². The maximum atomic E-state index is 11.9. The van der Waals surface area contributed by atoms with Crippen LogP contribution in [0.2, 0.25) is 10.0 Å². The van der Waals surface area contributed by atoms with Crippen LogP contribution in [-0.4, -0.2) is 15.8 Å². The van der Waals surface area contributed by atoms with Crippen LogP contribution in [0, 0.1) is 5.92 Å². The number of aromatic nitrogens is 2. The number of fused-ring (bicyclic) bond motifs is 1. The molecular weight excluding hydrogens is 309 g/mol. The van der Waals surface area contributed by atoms with Crippen LogP contribution >= 0.6 is 23.2 Å². The quantitative estimate of drug-likeness (QED) is 0.896. The second-order valence-electron chi connectivity index (χ2n) is 5.24. The van der Waals surface area contributed by atoms with Crippen LogP contribution in [0.15, 0.2) is 24.4 Å². The maximum absolute atomic E-state index is 11.9. The van der Waals surface area contributed by atoms with E-state index < -0.39 is 0 Å². The number of ketones is 1. The number of hydrogen-bond donors (Lipinski definition) is 1. The molecule has 0 saturated heterocycles. The lowest BCUT2D eigenvalue weighted by atomic mass is 9.88. The van der Waals surface area contributed by atoms with E-state index in [9.17, 15) is 4.79 Å². The summed E-state index contributed by atoms with van der Waals surface area (Å²) in [5.74, 6) is 0.853. The Hall–Kier alpha value is -1.65. The highest BCUT2D eigenvalue weighted by Crippen LogP contribution is 2.28. The Morgan fingerprint density at radius 2 is 2.10 bits per heavy atom. The Morgan fingerprint density at radius 3 is 2.86 bits per heavy atom. The zero-order chi connectivity index (χ0) is 15.0. The first kappa shape index (κ1) is 14.3. The summed E-state index contributed by atoms with van der Waals surface area (Å²) in [5.41, 5.74) is 2.10. The van der Waals surface area contributed by atoms with Crippen molar-refractivity contribution in [1.82, 2.24) is 9.97 Å². The summed E-state index contributed by atoms with van der Waals surface area (Å²) in [6, 6.07) is 5.15. The highest BCUT2D eigenvalue weighted by atomic mass is 35.5. The van der Waals surface area contributed by atoms with Crippen molar-refractivity contribution in [3.63, 3.8) is 0 Å². The molecule has 108 valence electrons. The summed E-state index contributed by atoms with van der Waals surface area (Å²) in [6.45, 7) is 2.05. The second kappa shape index (κ2) is 5.62. The molecule has 1 N–H and O–H groups in total. The molecule has 1 unspecified atom stereocenters. The fourth-order valence-electron chi connectivity index (χ4n) is 2.41. The SMILES string of the molecule is CC1CC(=O)c2cnc(Nc3ccc(Cl)cc3Cl)nc2C1. The highest BCUT2D eigenvalue weighted by Gasteiger charge is 2.24. The van der Waals surface area contributed by atoms with Crippen LogP contribution in [0.1, 0.15) is 29.4 Å². The Bertz CT molecular complexity index is 718. The molecule has 4 nitrogen and oxygen atoms in total. The Morgan fingerprint density at radius 1 is 1.29 bits per heavy atom. The van der Waals surface area contributed by atoms with Gasteiger partial charge in [0.15, 0.2) is 5.78 Å². The minimum Gasteiger partial charge on any atom is -0.323 e. The lowest BCUT2D eigenvalue weighted by Gasteiger charge is -2.19. The lowest BCUT2D eigenvalue weighted by Crippen LogP contribution is -2.20. The average Bonchev–Trinajstić information content (AvgIpc) is 2.41. The van der Waals surface area contributed by atoms with E-state index in [4.69, 9.17) is 23.2 Å². The number of rotatable bonds is 2. The summed E-state index contributed by atoms with van der Waals surface area (Å²) in [4.78, 5) is 20.6. The molecule has 21 heavy (non-hydrogen) atoms. The molecule has 2 aromatic rings. The molecule has 1 aliphatic carbocycles. The largest absolute Gasteiger partial charge is 0.323 e. The van der Waals surface area contributed by atoms with Crippen LogP contribution in [0.5, 0.6) is 0 Å². The number of anilines is 2. The topological polar surface area (TPSA) is 54.9 Å². The standard InChI is InChI=1S/C15H13Cl2N3O/c1-8-4-13-10(14(21)5-8)7-18-15(20-13)19-12-3-2-9(16)6-11(12)17/h2-3,6-8H,4-5H2,1H3,(H,18,19,20). The molecule has 6 heteroatoms. The molecule has 0 aliphatic heterocycles. The second-order valence-corrected chi connectivity index (χ2v) is 6.08. The molecule has 0 saturated carbocycles. The smallest absolute Gasteiger partial charge is 0.227 e. The van der Waals surface area contributed by atoms with Gasteiger partial charge in [0, 0.05) is 17.6 Å². The van der Waals surface area contributed by atoms with Crippen LogP contribution in [0.25, 0.3) is 0 Å². The van der Waals surface area contributed by atoms with Gasteiger partial charge in [-0.15, -0.1) is 0 Å². The number of Topliss-reactive ketones (excluding diaryl/α,β-unsaturated/α-hetero) is 1. The van der Waals surface area contributed by atoms with E-state index in [1.807, 2.05) is 6.92 Å². The van der Waals surface area contributed by atoms with Crippen LogP contribution in [0.3, 0.4) is 0 Å². The molecule has 0 radical (unpaired) electrons. The number of benzene rings is 1. The summed E-state index contributed by atoms with van der Waals surface area (Å²) in [5, 5.41) is 4.11. The zero-order valence-corrected chi connectivity index (χ0v) is 12.9. The summed E-state index contributed by atoms with van der Waals surface area (Å²) in [6.07, 6.45) is 2.93. The van der Waals surface area contributed by atoms with Crippen molar-refractivity contribution in [2.45, 2.75) is 19.8 Å². The fourth-order valence-corrected chi connectivity index (χ4v) is 2.86. The predicted molar refractivity (Wildman–Crippen MR) is 83.6 cm³/mol. The molecule has 0 bridgehead atoms. The molecule has 1 heterocycles. The number of halogens is 2. The van der Waals surface area contributed by atoms with Crippen molar-refractivity contribution >= 4 is 40.6 Å². The third-order valence-corrected chi connectivity index (χ3v) is 3.97. The first-order chi connectivity index (χ1) is 10.0. The van der Waals surface area contributed by atoms with Crippen molar-refractivity contribution < 1.29 is 4.79 Å². The van der Waals surface area contributed by atoms with E-state index in [0.29, 0.717) is 39.6 Å². The van der Waals surface area contributed by atoms with Crippen LogP contribution in [-0.2, 0) is 6.42 Å². The number of hydrogen-bond acceptors (Lipinski definition) is 4. The molecule has 1 aromatic heterocycles. The molecule has 0 amide bonds. The van der Waals surface area contributed by atoms with Gasteiger partial charge in [0.05, 0.1) is 22.0 Å². The van der Waals surface area contributed by atoms with Gasteiger partial charge in [-0.05, 0) is 30.5 Å². The van der Waals surface area contributed by atoms with Crippen molar-refractivity contribution in [2.75, 3.05) is 5.32 Å². The maximum Gasteiger partial charge on any atom is 0.227 e. The predicted octanol–water partition coefficient (Wildman–Crippen LogP) is 4.29. The third-order valence-electron chi connectivity index (χ3n) is 3.42. The van der Waals surface area contributed by atoms with Crippen LogP contribution in [0.4, 0.5) is 11.6 Å². The van der Waals surface area contributed by atoms with E-state index in [1.165, 1.54) is 0 Å². The van der Waals surface area contributed by atoms with Crippen molar-refractivity contribution in [2.24, 2.45) is 5.92 Å². The van der Waals surface area contributed by atoms with Crippen LogP contribution < -0.4 is 5.32 Å².